The third-order valence-corrected chi connectivity index (χ3v) is 3.98. The first kappa shape index (κ1) is 20.6. The van der Waals surface area contributed by atoms with Crippen LogP contribution in [-0.2, 0) is 14.3 Å². The molecule has 0 aliphatic carbocycles. The Hall–Kier alpha value is -2.71. The molecule has 0 heterocycles. The standard InChI is InChI=1S/C19H20BrN3O4/c1-27-12-18(25)23-16-4-2-3-15(11-16)22-17(24)9-10-21-19(26)13-5-7-14(20)8-6-13/h2-8,11H,9-10,12H2,1H3,(H,21,26)(H,22,24)(H,23,25). The zero-order valence-corrected chi connectivity index (χ0v) is 16.3. The zero-order valence-electron chi connectivity index (χ0n) is 14.8. The summed E-state index contributed by atoms with van der Waals surface area (Å²) in [6.07, 6.45) is 0.128. The summed E-state index contributed by atoms with van der Waals surface area (Å²) in [4.78, 5) is 35.5. The van der Waals surface area contributed by atoms with Crippen LogP contribution in [0.5, 0.6) is 0 Å². The van der Waals surface area contributed by atoms with Gasteiger partial charge in [-0.2, -0.15) is 0 Å². The van der Waals surface area contributed by atoms with Gasteiger partial charge in [0.2, 0.25) is 11.8 Å². The Labute approximate surface area is 165 Å². The molecule has 0 saturated carbocycles. The van der Waals surface area contributed by atoms with Crippen LogP contribution in [0.1, 0.15) is 16.8 Å². The highest BCUT2D eigenvalue weighted by Gasteiger charge is 2.08. The van der Waals surface area contributed by atoms with Gasteiger partial charge in [0.1, 0.15) is 6.61 Å². The highest BCUT2D eigenvalue weighted by Crippen LogP contribution is 2.15. The van der Waals surface area contributed by atoms with Gasteiger partial charge in [-0.3, -0.25) is 14.4 Å². The summed E-state index contributed by atoms with van der Waals surface area (Å²) in [5.41, 5.74) is 1.63. The number of carbonyl (C=O) groups excluding carboxylic acids is 3. The Morgan fingerprint density at radius 1 is 0.963 bits per heavy atom. The fourth-order valence-electron chi connectivity index (χ4n) is 2.22. The van der Waals surface area contributed by atoms with E-state index >= 15 is 0 Å². The minimum Gasteiger partial charge on any atom is -0.375 e. The van der Waals surface area contributed by atoms with Crippen molar-refractivity contribution in [2.24, 2.45) is 0 Å². The highest BCUT2D eigenvalue weighted by molar-refractivity contribution is 9.10. The molecule has 8 heteroatoms. The molecule has 27 heavy (non-hydrogen) atoms. The number of rotatable bonds is 8. The second-order valence-electron chi connectivity index (χ2n) is 5.62. The second-order valence-corrected chi connectivity index (χ2v) is 6.54. The summed E-state index contributed by atoms with van der Waals surface area (Å²) in [6, 6.07) is 13.7. The molecule has 0 aliphatic rings. The average Bonchev–Trinajstić information content (AvgIpc) is 2.62. The lowest BCUT2D eigenvalue weighted by Crippen LogP contribution is -2.27. The maximum absolute atomic E-state index is 12.0. The van der Waals surface area contributed by atoms with Crippen molar-refractivity contribution in [3.63, 3.8) is 0 Å². The molecule has 3 N–H and O–H groups in total. The first-order valence-electron chi connectivity index (χ1n) is 8.20. The molecular weight excluding hydrogens is 414 g/mol. The number of hydrogen-bond donors (Lipinski definition) is 3. The predicted octanol–water partition coefficient (Wildman–Crippen LogP) is 2.79. The molecule has 142 valence electrons. The topological polar surface area (TPSA) is 96.5 Å². The van der Waals surface area contributed by atoms with Gasteiger partial charge in [0.05, 0.1) is 0 Å². The molecule has 0 aromatic heterocycles. The molecule has 2 rings (SSSR count). The first-order valence-corrected chi connectivity index (χ1v) is 8.99. The number of nitrogens with one attached hydrogen (secondary N) is 3. The SMILES string of the molecule is COCC(=O)Nc1cccc(NC(=O)CCNC(=O)c2ccc(Br)cc2)c1. The van der Waals surface area contributed by atoms with Crippen molar-refractivity contribution in [1.29, 1.82) is 0 Å². The van der Waals surface area contributed by atoms with Crippen LogP contribution in [0.3, 0.4) is 0 Å². The van der Waals surface area contributed by atoms with Crippen molar-refractivity contribution < 1.29 is 19.1 Å². The van der Waals surface area contributed by atoms with Gasteiger partial charge in [-0.25, -0.2) is 0 Å². The summed E-state index contributed by atoms with van der Waals surface area (Å²) in [6.45, 7) is 0.166. The van der Waals surface area contributed by atoms with E-state index in [4.69, 9.17) is 4.74 Å². The molecule has 0 fully saturated rings. The number of hydrogen-bond acceptors (Lipinski definition) is 4. The Bertz CT molecular complexity index is 809. The summed E-state index contributed by atoms with van der Waals surface area (Å²) < 4.78 is 5.64. The van der Waals surface area contributed by atoms with Crippen LogP contribution >= 0.6 is 15.9 Å². The van der Waals surface area contributed by atoms with E-state index in [0.29, 0.717) is 16.9 Å². The van der Waals surface area contributed by atoms with Crippen LogP contribution in [0.15, 0.2) is 53.0 Å². The van der Waals surface area contributed by atoms with Crippen molar-refractivity contribution in [2.75, 3.05) is 30.9 Å². The third kappa shape index (κ3) is 7.20. The Balaban J connectivity index is 1.79. The van der Waals surface area contributed by atoms with Gasteiger partial charge in [-0.15, -0.1) is 0 Å². The van der Waals surface area contributed by atoms with Crippen molar-refractivity contribution in [1.82, 2.24) is 5.32 Å². The van der Waals surface area contributed by atoms with Crippen LogP contribution in [0, 0.1) is 0 Å². The molecule has 0 unspecified atom stereocenters. The number of methoxy groups -OCH3 is 1. The van der Waals surface area contributed by atoms with E-state index < -0.39 is 0 Å². The molecule has 0 bridgehead atoms. The lowest BCUT2D eigenvalue weighted by Gasteiger charge is -2.09. The van der Waals surface area contributed by atoms with Gasteiger partial charge in [0.25, 0.3) is 5.91 Å². The van der Waals surface area contributed by atoms with E-state index in [-0.39, 0.29) is 37.3 Å². The maximum atomic E-state index is 12.0. The van der Waals surface area contributed by atoms with E-state index in [9.17, 15) is 14.4 Å². The quantitative estimate of drug-likeness (QED) is 0.596. The van der Waals surface area contributed by atoms with Gasteiger partial charge in [-0.05, 0) is 42.5 Å². The lowest BCUT2D eigenvalue weighted by molar-refractivity contribution is -0.119. The molecule has 2 aromatic rings. The average molecular weight is 434 g/mol. The number of amides is 3. The Kier molecular flexibility index (Phi) is 7.97. The van der Waals surface area contributed by atoms with E-state index in [0.717, 1.165) is 4.47 Å². The van der Waals surface area contributed by atoms with Gasteiger partial charge in [0, 0.05) is 41.5 Å². The van der Waals surface area contributed by atoms with Crippen LogP contribution in [-0.4, -0.2) is 38.0 Å². The lowest BCUT2D eigenvalue weighted by atomic mass is 10.2. The molecule has 3 amide bonds. The van der Waals surface area contributed by atoms with Crippen LogP contribution in [0.2, 0.25) is 0 Å². The van der Waals surface area contributed by atoms with Crippen molar-refractivity contribution >= 4 is 45.0 Å². The van der Waals surface area contributed by atoms with Gasteiger partial charge < -0.3 is 20.7 Å². The molecule has 0 radical (unpaired) electrons. The molecule has 2 aromatic carbocycles. The summed E-state index contributed by atoms with van der Waals surface area (Å²) in [5, 5.41) is 8.09. The van der Waals surface area contributed by atoms with E-state index in [2.05, 4.69) is 31.9 Å². The van der Waals surface area contributed by atoms with Crippen molar-refractivity contribution in [3.05, 3.63) is 58.6 Å². The van der Waals surface area contributed by atoms with Gasteiger partial charge in [0.15, 0.2) is 0 Å². The van der Waals surface area contributed by atoms with Gasteiger partial charge >= 0.3 is 0 Å². The number of carbonyl (C=O) groups is 3. The van der Waals surface area contributed by atoms with Crippen LogP contribution in [0.25, 0.3) is 0 Å². The van der Waals surface area contributed by atoms with E-state index in [1.807, 2.05) is 0 Å². The fourth-order valence-corrected chi connectivity index (χ4v) is 2.48. The summed E-state index contributed by atoms with van der Waals surface area (Å²) in [5.74, 6) is -0.763. The highest BCUT2D eigenvalue weighted by atomic mass is 79.9. The largest absolute Gasteiger partial charge is 0.375 e. The number of benzene rings is 2. The monoisotopic (exact) mass is 433 g/mol. The van der Waals surface area contributed by atoms with E-state index in [1.165, 1.54) is 7.11 Å². The maximum Gasteiger partial charge on any atom is 0.251 e. The molecule has 0 atom stereocenters. The van der Waals surface area contributed by atoms with Gasteiger partial charge in [-0.1, -0.05) is 22.0 Å². The third-order valence-electron chi connectivity index (χ3n) is 3.45. The first-order chi connectivity index (χ1) is 13.0. The molecule has 0 spiro atoms. The number of anilines is 2. The van der Waals surface area contributed by atoms with Crippen molar-refractivity contribution in [3.8, 4) is 0 Å². The van der Waals surface area contributed by atoms with Crippen LogP contribution in [0.4, 0.5) is 11.4 Å². The molecular formula is C19H20BrN3O4. The number of ether oxygens (including phenoxy) is 1. The second kappa shape index (κ2) is 10.4. The van der Waals surface area contributed by atoms with E-state index in [1.54, 1.807) is 48.5 Å². The molecule has 0 saturated heterocycles. The minimum absolute atomic E-state index is 0.0470. The summed E-state index contributed by atoms with van der Waals surface area (Å²) >= 11 is 3.31. The Morgan fingerprint density at radius 3 is 2.22 bits per heavy atom. The minimum atomic E-state index is -0.281. The van der Waals surface area contributed by atoms with Crippen LogP contribution < -0.4 is 16.0 Å². The Morgan fingerprint density at radius 2 is 1.59 bits per heavy atom. The number of halogens is 1. The zero-order chi connectivity index (χ0) is 19.6. The predicted molar refractivity (Wildman–Crippen MR) is 107 cm³/mol. The fraction of sp³-hybridized carbons (Fsp3) is 0.211. The molecule has 7 nitrogen and oxygen atoms in total. The van der Waals surface area contributed by atoms with Crippen molar-refractivity contribution in [2.45, 2.75) is 6.42 Å². The smallest absolute Gasteiger partial charge is 0.251 e. The molecule has 0 aliphatic heterocycles. The normalized spacial score (nSPS) is 10.1. The summed E-state index contributed by atoms with van der Waals surface area (Å²) in [7, 11) is 1.44.